The third-order valence-electron chi connectivity index (χ3n) is 4.70. The zero-order valence-corrected chi connectivity index (χ0v) is 16.6. The lowest BCUT2D eigenvalue weighted by Gasteiger charge is -2.30. The molecule has 1 aliphatic rings. The van der Waals surface area contributed by atoms with Crippen molar-refractivity contribution in [2.75, 3.05) is 11.4 Å². The summed E-state index contributed by atoms with van der Waals surface area (Å²) < 4.78 is 46.5. The van der Waals surface area contributed by atoms with E-state index in [1.54, 1.807) is 4.90 Å². The molecule has 30 heavy (non-hydrogen) atoms. The van der Waals surface area contributed by atoms with Crippen LogP contribution in [0.3, 0.4) is 0 Å². The molecule has 0 bridgehead atoms. The molecule has 0 radical (unpaired) electrons. The van der Waals surface area contributed by atoms with E-state index in [2.05, 4.69) is 14.9 Å². The fourth-order valence-electron chi connectivity index (χ4n) is 3.42. The number of benzene rings is 1. The van der Waals surface area contributed by atoms with Crippen LogP contribution >= 0.6 is 11.3 Å². The van der Waals surface area contributed by atoms with Gasteiger partial charge in [0.25, 0.3) is 0 Å². The summed E-state index contributed by atoms with van der Waals surface area (Å²) in [5.74, 6) is 0.652. The zero-order valence-electron chi connectivity index (χ0n) is 15.8. The van der Waals surface area contributed by atoms with E-state index in [1.807, 2.05) is 17.5 Å². The number of halogens is 3. The molecule has 0 spiro atoms. The van der Waals surface area contributed by atoms with E-state index in [-0.39, 0.29) is 18.1 Å². The maximum absolute atomic E-state index is 12.7. The van der Waals surface area contributed by atoms with Gasteiger partial charge in [0.15, 0.2) is 0 Å². The van der Waals surface area contributed by atoms with Crippen LogP contribution in [-0.2, 0) is 17.6 Å². The minimum Gasteiger partial charge on any atom is -0.406 e. The molecule has 0 saturated carbocycles. The van der Waals surface area contributed by atoms with Crippen molar-refractivity contribution in [1.29, 1.82) is 0 Å². The SMILES string of the molecule is O=C(CCCc1nc(-c2cccs2)no1)N1CCCc2cc(OC(F)(F)F)ccc21. The highest BCUT2D eigenvalue weighted by Gasteiger charge is 2.32. The lowest BCUT2D eigenvalue weighted by atomic mass is 10.0. The number of aryl methyl sites for hydroxylation is 2. The predicted octanol–water partition coefficient (Wildman–Crippen LogP) is 5.00. The molecule has 0 saturated heterocycles. The normalized spacial score (nSPS) is 13.9. The molecule has 1 aliphatic heterocycles. The molecule has 4 rings (SSSR count). The molecule has 0 aliphatic carbocycles. The lowest BCUT2D eigenvalue weighted by Crippen LogP contribution is -2.35. The van der Waals surface area contributed by atoms with Gasteiger partial charge in [-0.3, -0.25) is 4.79 Å². The molecule has 0 atom stereocenters. The predicted molar refractivity (Wildman–Crippen MR) is 104 cm³/mol. The van der Waals surface area contributed by atoms with Crippen molar-refractivity contribution < 1.29 is 27.2 Å². The molecule has 10 heteroatoms. The first-order valence-corrected chi connectivity index (χ1v) is 10.3. The van der Waals surface area contributed by atoms with Crippen LogP contribution in [0.15, 0.2) is 40.2 Å². The average molecular weight is 437 g/mol. The lowest BCUT2D eigenvalue weighted by molar-refractivity contribution is -0.274. The Kier molecular flexibility index (Phi) is 5.76. The number of ether oxygens (including phenoxy) is 1. The molecular weight excluding hydrogens is 419 g/mol. The standard InChI is InChI=1S/C20H18F3N3O3S/c21-20(22,23)28-14-8-9-15-13(12-14)4-2-10-26(15)18(27)7-1-6-17-24-19(25-29-17)16-5-3-11-30-16/h3,5,8-9,11-12H,1-2,4,6-7,10H2. The Balaban J connectivity index is 1.35. The topological polar surface area (TPSA) is 68.5 Å². The number of aromatic nitrogens is 2. The van der Waals surface area contributed by atoms with E-state index in [9.17, 15) is 18.0 Å². The average Bonchev–Trinajstić information content (AvgIpc) is 3.37. The van der Waals surface area contributed by atoms with Crippen LogP contribution in [0.5, 0.6) is 5.75 Å². The van der Waals surface area contributed by atoms with E-state index in [1.165, 1.54) is 29.5 Å². The number of carbonyl (C=O) groups is 1. The largest absolute Gasteiger partial charge is 0.573 e. The fourth-order valence-corrected chi connectivity index (χ4v) is 4.07. The minimum atomic E-state index is -4.74. The Hall–Kier alpha value is -2.88. The molecule has 6 nitrogen and oxygen atoms in total. The van der Waals surface area contributed by atoms with E-state index in [4.69, 9.17) is 4.52 Å². The second-order valence-corrected chi connectivity index (χ2v) is 7.78. The van der Waals surface area contributed by atoms with Crippen molar-refractivity contribution in [1.82, 2.24) is 10.1 Å². The summed E-state index contributed by atoms with van der Waals surface area (Å²) in [5, 5.41) is 5.88. The van der Waals surface area contributed by atoms with Crippen molar-refractivity contribution >= 4 is 22.9 Å². The molecule has 2 aromatic heterocycles. The Morgan fingerprint density at radius 2 is 2.17 bits per heavy atom. The second kappa shape index (κ2) is 8.47. The van der Waals surface area contributed by atoms with E-state index >= 15 is 0 Å². The summed E-state index contributed by atoms with van der Waals surface area (Å²) in [6.07, 6.45) is -2.17. The quantitative estimate of drug-likeness (QED) is 0.543. The number of thiophene rings is 1. The molecular formula is C20H18F3N3O3S. The van der Waals surface area contributed by atoms with Crippen LogP contribution in [0, 0.1) is 0 Å². The van der Waals surface area contributed by atoms with Crippen LogP contribution < -0.4 is 9.64 Å². The Morgan fingerprint density at radius 1 is 1.30 bits per heavy atom. The molecule has 1 amide bonds. The maximum atomic E-state index is 12.7. The number of anilines is 1. The number of fused-ring (bicyclic) bond motifs is 1. The second-order valence-electron chi connectivity index (χ2n) is 6.83. The number of rotatable bonds is 6. The summed E-state index contributed by atoms with van der Waals surface area (Å²) >= 11 is 1.52. The molecule has 3 heterocycles. The Bertz CT molecular complexity index is 1020. The zero-order chi connectivity index (χ0) is 21.1. The number of hydrogen-bond donors (Lipinski definition) is 0. The summed E-state index contributed by atoms with van der Waals surface area (Å²) in [5.41, 5.74) is 1.31. The van der Waals surface area contributed by atoms with Gasteiger partial charge in [0.1, 0.15) is 5.75 Å². The van der Waals surface area contributed by atoms with Crippen molar-refractivity contribution in [3.05, 3.63) is 47.2 Å². The van der Waals surface area contributed by atoms with Gasteiger partial charge in [0, 0.05) is 25.1 Å². The summed E-state index contributed by atoms with van der Waals surface area (Å²) in [7, 11) is 0. The number of amides is 1. The van der Waals surface area contributed by atoms with Crippen molar-refractivity contribution in [3.63, 3.8) is 0 Å². The highest BCUT2D eigenvalue weighted by Crippen LogP contribution is 2.33. The molecule has 3 aromatic rings. The molecule has 158 valence electrons. The molecule has 1 aromatic carbocycles. The van der Waals surface area contributed by atoms with Gasteiger partial charge in [-0.25, -0.2) is 0 Å². The van der Waals surface area contributed by atoms with Crippen LogP contribution in [0.4, 0.5) is 18.9 Å². The van der Waals surface area contributed by atoms with Gasteiger partial charge in [-0.05, 0) is 54.5 Å². The highest BCUT2D eigenvalue weighted by atomic mass is 32.1. The minimum absolute atomic E-state index is 0.0848. The van der Waals surface area contributed by atoms with E-state index in [0.29, 0.717) is 55.2 Å². The number of hydrogen-bond acceptors (Lipinski definition) is 6. The molecule has 0 N–H and O–H groups in total. The first-order valence-electron chi connectivity index (χ1n) is 9.44. The third-order valence-corrected chi connectivity index (χ3v) is 5.56. The fraction of sp³-hybridized carbons (Fsp3) is 0.350. The van der Waals surface area contributed by atoms with Gasteiger partial charge in [-0.2, -0.15) is 4.98 Å². The Labute approximate surface area is 174 Å². The van der Waals surface area contributed by atoms with Crippen molar-refractivity contribution in [2.24, 2.45) is 0 Å². The van der Waals surface area contributed by atoms with Gasteiger partial charge < -0.3 is 14.2 Å². The van der Waals surface area contributed by atoms with Crippen LogP contribution in [0.1, 0.15) is 30.7 Å². The number of nitrogens with zero attached hydrogens (tertiary/aromatic N) is 3. The maximum Gasteiger partial charge on any atom is 0.573 e. The van der Waals surface area contributed by atoms with Crippen molar-refractivity contribution in [2.45, 2.75) is 38.5 Å². The summed E-state index contributed by atoms with van der Waals surface area (Å²) in [4.78, 5) is 19.6. The summed E-state index contributed by atoms with van der Waals surface area (Å²) in [6.45, 7) is 0.536. The summed E-state index contributed by atoms with van der Waals surface area (Å²) in [6, 6.07) is 7.92. The van der Waals surface area contributed by atoms with E-state index in [0.717, 1.165) is 4.88 Å². The Morgan fingerprint density at radius 3 is 2.93 bits per heavy atom. The monoisotopic (exact) mass is 437 g/mol. The van der Waals surface area contributed by atoms with Gasteiger partial charge in [-0.15, -0.1) is 24.5 Å². The number of alkyl halides is 3. The van der Waals surface area contributed by atoms with Gasteiger partial charge >= 0.3 is 6.36 Å². The van der Waals surface area contributed by atoms with Crippen LogP contribution in [0.2, 0.25) is 0 Å². The smallest absolute Gasteiger partial charge is 0.406 e. The van der Waals surface area contributed by atoms with Gasteiger partial charge in [0.2, 0.25) is 17.6 Å². The van der Waals surface area contributed by atoms with Crippen molar-refractivity contribution in [3.8, 4) is 16.5 Å². The third kappa shape index (κ3) is 4.81. The van der Waals surface area contributed by atoms with Crippen LogP contribution in [0.25, 0.3) is 10.7 Å². The number of carbonyl (C=O) groups excluding carboxylic acids is 1. The van der Waals surface area contributed by atoms with E-state index < -0.39 is 6.36 Å². The van der Waals surface area contributed by atoms with Crippen LogP contribution in [-0.4, -0.2) is 29.0 Å². The van der Waals surface area contributed by atoms with Gasteiger partial charge in [0.05, 0.1) is 4.88 Å². The first-order chi connectivity index (χ1) is 14.4. The first kappa shape index (κ1) is 20.4. The van der Waals surface area contributed by atoms with Gasteiger partial charge in [-0.1, -0.05) is 11.2 Å². The molecule has 0 fully saturated rings. The molecule has 0 unspecified atom stereocenters. The highest BCUT2D eigenvalue weighted by molar-refractivity contribution is 7.13.